The number of aromatic amines is 1. The number of anilines is 1. The highest BCUT2D eigenvalue weighted by atomic mass is 19.1. The monoisotopic (exact) mass is 473 g/mol. The minimum Gasteiger partial charge on any atom is -0.382 e. The van der Waals surface area contributed by atoms with Crippen molar-refractivity contribution < 1.29 is 4.39 Å². The van der Waals surface area contributed by atoms with Crippen molar-refractivity contribution in [1.82, 2.24) is 30.0 Å². The smallest absolute Gasteiger partial charge is 0.144 e. The number of nitrogens with one attached hydrogen (secondary N) is 2. The van der Waals surface area contributed by atoms with Crippen LogP contribution in [-0.4, -0.2) is 75.3 Å². The van der Waals surface area contributed by atoms with Gasteiger partial charge in [-0.2, -0.15) is 5.10 Å². The van der Waals surface area contributed by atoms with Gasteiger partial charge in [0, 0.05) is 62.5 Å². The quantitative estimate of drug-likeness (QED) is 0.410. The van der Waals surface area contributed by atoms with Crippen LogP contribution in [0.25, 0.3) is 33.4 Å². The van der Waals surface area contributed by atoms with Crippen molar-refractivity contribution in [2.75, 3.05) is 44.6 Å². The number of pyridine rings is 2. The van der Waals surface area contributed by atoms with E-state index in [9.17, 15) is 4.39 Å². The van der Waals surface area contributed by atoms with Crippen molar-refractivity contribution >= 4 is 16.6 Å². The van der Waals surface area contributed by atoms with Crippen LogP contribution in [0.5, 0.6) is 0 Å². The molecule has 35 heavy (non-hydrogen) atoms. The molecule has 0 radical (unpaired) electrons. The van der Waals surface area contributed by atoms with Crippen LogP contribution < -0.4 is 5.32 Å². The maximum atomic E-state index is 13.7. The molecule has 3 aromatic heterocycles. The third-order valence-corrected chi connectivity index (χ3v) is 6.79. The van der Waals surface area contributed by atoms with Crippen molar-refractivity contribution in [3.63, 3.8) is 0 Å². The average molecular weight is 474 g/mol. The van der Waals surface area contributed by atoms with Crippen molar-refractivity contribution in [3.8, 4) is 22.5 Å². The molecule has 1 saturated heterocycles. The normalized spacial score (nSPS) is 15.2. The Morgan fingerprint density at radius 1 is 1.09 bits per heavy atom. The molecular formula is C27H32FN7. The highest BCUT2D eigenvalue weighted by Crippen LogP contribution is 2.31. The second-order valence-electron chi connectivity index (χ2n) is 9.44. The summed E-state index contributed by atoms with van der Waals surface area (Å²) in [5.41, 5.74) is 5.58. The first-order valence-electron chi connectivity index (χ1n) is 12.3. The van der Waals surface area contributed by atoms with E-state index in [2.05, 4.69) is 61.3 Å². The molecule has 8 heteroatoms. The fourth-order valence-corrected chi connectivity index (χ4v) is 4.64. The highest BCUT2D eigenvalue weighted by Gasteiger charge is 2.18. The number of halogens is 1. The Balaban J connectivity index is 1.29. The van der Waals surface area contributed by atoms with Gasteiger partial charge in [-0.05, 0) is 56.7 Å². The number of piperazine rings is 1. The van der Waals surface area contributed by atoms with Crippen molar-refractivity contribution in [3.05, 3.63) is 60.3 Å². The van der Waals surface area contributed by atoms with Gasteiger partial charge < -0.3 is 5.32 Å². The van der Waals surface area contributed by atoms with Crippen LogP contribution in [0.1, 0.15) is 19.5 Å². The Hall–Kier alpha value is -3.36. The molecule has 4 heterocycles. The van der Waals surface area contributed by atoms with Gasteiger partial charge in [0.05, 0.1) is 28.8 Å². The van der Waals surface area contributed by atoms with E-state index in [1.165, 1.54) is 6.07 Å². The van der Waals surface area contributed by atoms with Crippen LogP contribution >= 0.6 is 0 Å². The number of aromatic nitrogens is 4. The Kier molecular flexibility index (Phi) is 6.74. The number of hydrogen-bond donors (Lipinski definition) is 2. The molecule has 182 valence electrons. The van der Waals surface area contributed by atoms with Gasteiger partial charge in [-0.25, -0.2) is 9.37 Å². The molecule has 2 N–H and O–H groups in total. The first-order chi connectivity index (χ1) is 17.0. The van der Waals surface area contributed by atoms with Gasteiger partial charge in [0.1, 0.15) is 11.5 Å². The maximum absolute atomic E-state index is 13.7. The Morgan fingerprint density at radius 2 is 1.91 bits per heavy atom. The molecule has 5 rings (SSSR count). The number of aryl methyl sites for hydroxylation is 1. The van der Waals surface area contributed by atoms with Crippen molar-refractivity contribution in [2.24, 2.45) is 0 Å². The molecule has 7 nitrogen and oxygen atoms in total. The fraction of sp³-hybridized carbons (Fsp3) is 0.370. The van der Waals surface area contributed by atoms with Crippen LogP contribution in [-0.2, 0) is 0 Å². The van der Waals surface area contributed by atoms with Gasteiger partial charge in [-0.3, -0.25) is 19.9 Å². The molecular weight excluding hydrogens is 441 g/mol. The average Bonchev–Trinajstić information content (AvgIpc) is 3.36. The molecule has 0 aliphatic carbocycles. The summed E-state index contributed by atoms with van der Waals surface area (Å²) in [5.74, 6) is -0.319. The Bertz CT molecular complexity index is 1310. The van der Waals surface area contributed by atoms with E-state index < -0.39 is 0 Å². The van der Waals surface area contributed by atoms with Crippen LogP contribution in [0.2, 0.25) is 0 Å². The van der Waals surface area contributed by atoms with Gasteiger partial charge in [0.2, 0.25) is 0 Å². The van der Waals surface area contributed by atoms with Gasteiger partial charge in [-0.1, -0.05) is 6.07 Å². The van der Waals surface area contributed by atoms with E-state index in [-0.39, 0.29) is 5.82 Å². The molecule has 0 atom stereocenters. The summed E-state index contributed by atoms with van der Waals surface area (Å²) in [6.07, 6.45) is 3.75. The third-order valence-electron chi connectivity index (χ3n) is 6.79. The van der Waals surface area contributed by atoms with E-state index in [0.717, 1.165) is 67.0 Å². The molecule has 0 bridgehead atoms. The third kappa shape index (κ3) is 5.18. The van der Waals surface area contributed by atoms with Gasteiger partial charge >= 0.3 is 0 Å². The summed E-state index contributed by atoms with van der Waals surface area (Å²) < 4.78 is 13.7. The van der Waals surface area contributed by atoms with Crippen LogP contribution in [0.4, 0.5) is 10.1 Å². The summed E-state index contributed by atoms with van der Waals surface area (Å²) in [5, 5.41) is 11.9. The summed E-state index contributed by atoms with van der Waals surface area (Å²) in [7, 11) is 0. The minimum atomic E-state index is -0.319. The molecule has 1 aromatic carbocycles. The highest BCUT2D eigenvalue weighted by molar-refractivity contribution is 5.89. The second kappa shape index (κ2) is 10.1. The summed E-state index contributed by atoms with van der Waals surface area (Å²) in [6, 6.07) is 12.0. The summed E-state index contributed by atoms with van der Waals surface area (Å²) >= 11 is 0. The Morgan fingerprint density at radius 3 is 2.69 bits per heavy atom. The molecule has 1 fully saturated rings. The van der Waals surface area contributed by atoms with E-state index in [1.807, 2.05) is 24.5 Å². The zero-order valence-electron chi connectivity index (χ0n) is 20.6. The molecule has 0 spiro atoms. The standard InChI is InChI=1S/C27H32FN7/c1-18(2)35-12-10-34(11-13-35)9-8-29-22-15-21-14-20(4-6-25(21)30-16-22)23-17-31-33-27(23)26-7-5-24(28)19(3)32-26/h4-7,14-18,29H,8-13H2,1-3H3,(H,31,33). The summed E-state index contributed by atoms with van der Waals surface area (Å²) in [4.78, 5) is 14.1. The van der Waals surface area contributed by atoms with Gasteiger partial charge in [0.25, 0.3) is 0 Å². The second-order valence-corrected chi connectivity index (χ2v) is 9.44. The topological polar surface area (TPSA) is 73.0 Å². The van der Waals surface area contributed by atoms with Crippen molar-refractivity contribution in [1.29, 1.82) is 0 Å². The zero-order chi connectivity index (χ0) is 24.4. The van der Waals surface area contributed by atoms with E-state index >= 15 is 0 Å². The van der Waals surface area contributed by atoms with E-state index in [1.54, 1.807) is 13.0 Å². The molecule has 1 aliphatic heterocycles. The molecule has 1 aliphatic rings. The number of fused-ring (bicyclic) bond motifs is 1. The van der Waals surface area contributed by atoms with Gasteiger partial charge in [0.15, 0.2) is 0 Å². The van der Waals surface area contributed by atoms with Crippen LogP contribution in [0, 0.1) is 12.7 Å². The predicted molar refractivity (Wildman–Crippen MR) is 139 cm³/mol. The maximum Gasteiger partial charge on any atom is 0.144 e. The van der Waals surface area contributed by atoms with Crippen molar-refractivity contribution in [2.45, 2.75) is 26.8 Å². The van der Waals surface area contributed by atoms with E-state index in [0.29, 0.717) is 23.1 Å². The first kappa shape index (κ1) is 23.4. The number of benzene rings is 1. The number of rotatable bonds is 7. The molecule has 0 saturated carbocycles. The lowest BCUT2D eigenvalue weighted by Crippen LogP contribution is -2.49. The van der Waals surface area contributed by atoms with E-state index in [4.69, 9.17) is 0 Å². The lowest BCUT2D eigenvalue weighted by Gasteiger charge is -2.36. The number of nitrogens with zero attached hydrogens (tertiary/aromatic N) is 5. The lowest BCUT2D eigenvalue weighted by molar-refractivity contribution is 0.111. The first-order valence-corrected chi connectivity index (χ1v) is 12.3. The number of H-pyrrole nitrogens is 1. The summed E-state index contributed by atoms with van der Waals surface area (Å²) in [6.45, 7) is 12.6. The Labute approximate surface area is 205 Å². The molecule has 4 aromatic rings. The van der Waals surface area contributed by atoms with Crippen LogP contribution in [0.15, 0.2) is 48.8 Å². The molecule has 0 unspecified atom stereocenters. The lowest BCUT2D eigenvalue weighted by atomic mass is 10.0. The predicted octanol–water partition coefficient (Wildman–Crippen LogP) is 4.57. The van der Waals surface area contributed by atoms with Crippen LogP contribution in [0.3, 0.4) is 0 Å². The SMILES string of the molecule is Cc1nc(-c2n[nH]cc2-c2ccc3ncc(NCCN4CCN(C(C)C)CC4)cc3c2)ccc1F. The fourth-order valence-electron chi connectivity index (χ4n) is 4.64. The largest absolute Gasteiger partial charge is 0.382 e. The molecule has 0 amide bonds. The number of hydrogen-bond acceptors (Lipinski definition) is 6. The zero-order valence-corrected chi connectivity index (χ0v) is 20.6. The minimum absolute atomic E-state index is 0.319. The van der Waals surface area contributed by atoms with Gasteiger partial charge in [-0.15, -0.1) is 0 Å².